The third-order valence-electron chi connectivity index (χ3n) is 17.7. The quantitative estimate of drug-likeness (QED) is 0.0320. The Morgan fingerprint density at radius 1 is 0.337 bits per heavy atom. The third-order valence-corrected chi connectivity index (χ3v) is 17.7. The average Bonchev–Trinajstić information content (AvgIpc) is 3.49. The summed E-state index contributed by atoms with van der Waals surface area (Å²) in [5, 5.41) is 23.4. The molecule has 0 aliphatic rings. The van der Waals surface area contributed by atoms with Crippen LogP contribution < -0.4 is 5.32 Å². The number of esters is 1. The van der Waals surface area contributed by atoms with Crippen molar-refractivity contribution in [2.24, 2.45) is 0 Å². The monoisotopic (exact) mass is 1170 g/mol. The minimum Gasteiger partial charge on any atom is -0.466 e. The van der Waals surface area contributed by atoms with E-state index in [9.17, 15) is 19.8 Å². The molecule has 0 fully saturated rings. The van der Waals surface area contributed by atoms with Gasteiger partial charge >= 0.3 is 5.97 Å². The van der Waals surface area contributed by atoms with Crippen LogP contribution in [-0.2, 0) is 14.3 Å². The maximum absolute atomic E-state index is 12.6. The first-order valence-electron chi connectivity index (χ1n) is 37.7. The Morgan fingerprint density at radius 3 is 0.928 bits per heavy atom. The van der Waals surface area contributed by atoms with Gasteiger partial charge in [-0.25, -0.2) is 0 Å². The molecule has 0 spiro atoms. The lowest BCUT2D eigenvalue weighted by molar-refractivity contribution is -0.143. The van der Waals surface area contributed by atoms with Gasteiger partial charge in [0.2, 0.25) is 5.91 Å². The molecule has 2 unspecified atom stereocenters. The smallest absolute Gasteiger partial charge is 0.305 e. The molecule has 0 heterocycles. The highest BCUT2D eigenvalue weighted by Gasteiger charge is 2.20. The number of aliphatic hydroxyl groups is 2. The number of ether oxygens (including phenoxy) is 1. The van der Waals surface area contributed by atoms with Crippen LogP contribution in [0, 0.1) is 0 Å². The first-order valence-corrected chi connectivity index (χ1v) is 37.7. The molecule has 83 heavy (non-hydrogen) atoms. The Morgan fingerprint density at radius 2 is 0.602 bits per heavy atom. The number of aliphatic hydroxyl groups excluding tert-OH is 2. The molecule has 0 radical (unpaired) electrons. The molecule has 3 N–H and O–H groups in total. The number of carbonyl (C=O) groups is 2. The van der Waals surface area contributed by atoms with E-state index in [0.717, 1.165) is 51.4 Å². The molecule has 6 nitrogen and oxygen atoms in total. The van der Waals surface area contributed by atoms with Crippen LogP contribution in [0.25, 0.3) is 0 Å². The fourth-order valence-corrected chi connectivity index (χ4v) is 11.9. The van der Waals surface area contributed by atoms with Crippen molar-refractivity contribution in [1.82, 2.24) is 5.32 Å². The van der Waals surface area contributed by atoms with Crippen LogP contribution in [0.1, 0.15) is 418 Å². The summed E-state index contributed by atoms with van der Waals surface area (Å²) >= 11 is 0. The summed E-state index contributed by atoms with van der Waals surface area (Å²) in [6, 6.07) is -0.546. The predicted octanol–water partition coefficient (Wildman–Crippen LogP) is 24.7. The van der Waals surface area contributed by atoms with Gasteiger partial charge in [-0.15, -0.1) is 0 Å². The number of hydrogen-bond acceptors (Lipinski definition) is 5. The topological polar surface area (TPSA) is 95.9 Å². The van der Waals surface area contributed by atoms with E-state index < -0.39 is 12.1 Å². The Kier molecular flexibility index (Phi) is 70.9. The zero-order valence-corrected chi connectivity index (χ0v) is 56.2. The summed E-state index contributed by atoms with van der Waals surface area (Å²) < 4.78 is 5.50. The molecular formula is C77H147NO5. The van der Waals surface area contributed by atoms with E-state index >= 15 is 0 Å². The Bertz CT molecular complexity index is 1340. The largest absolute Gasteiger partial charge is 0.466 e. The number of rotatable bonds is 71. The van der Waals surface area contributed by atoms with Crippen molar-refractivity contribution in [1.29, 1.82) is 0 Å². The molecule has 0 saturated carbocycles. The number of carbonyl (C=O) groups excluding carboxylic acids is 2. The maximum Gasteiger partial charge on any atom is 0.305 e. The van der Waals surface area contributed by atoms with Gasteiger partial charge in [0.25, 0.3) is 0 Å². The van der Waals surface area contributed by atoms with Gasteiger partial charge in [-0.05, 0) is 83.5 Å². The number of unbranched alkanes of at least 4 members (excludes halogenated alkanes) is 54. The summed E-state index contributed by atoms with van der Waals surface area (Å²) in [6.45, 7) is 4.98. The lowest BCUT2D eigenvalue weighted by atomic mass is 10.0. The van der Waals surface area contributed by atoms with Crippen LogP contribution >= 0.6 is 0 Å². The van der Waals surface area contributed by atoms with Crippen molar-refractivity contribution in [2.75, 3.05) is 13.2 Å². The van der Waals surface area contributed by atoms with E-state index in [2.05, 4.69) is 55.6 Å². The van der Waals surface area contributed by atoms with Crippen LogP contribution in [0.4, 0.5) is 0 Å². The highest BCUT2D eigenvalue weighted by atomic mass is 16.5. The molecule has 0 aliphatic heterocycles. The normalized spacial score (nSPS) is 12.7. The first kappa shape index (κ1) is 81.1. The predicted molar refractivity (Wildman–Crippen MR) is 366 cm³/mol. The van der Waals surface area contributed by atoms with Crippen LogP contribution in [-0.4, -0.2) is 47.4 Å². The molecular weight excluding hydrogens is 1020 g/mol. The van der Waals surface area contributed by atoms with Gasteiger partial charge in [-0.3, -0.25) is 9.59 Å². The van der Waals surface area contributed by atoms with Gasteiger partial charge in [0, 0.05) is 12.8 Å². The van der Waals surface area contributed by atoms with Crippen LogP contribution in [0.3, 0.4) is 0 Å². The maximum atomic E-state index is 12.6. The first-order chi connectivity index (χ1) is 41.0. The summed E-state index contributed by atoms with van der Waals surface area (Å²) in [7, 11) is 0. The zero-order chi connectivity index (χ0) is 59.9. The highest BCUT2D eigenvalue weighted by molar-refractivity contribution is 5.76. The fraction of sp³-hybridized carbons (Fsp3) is 0.896. The summed E-state index contributed by atoms with van der Waals surface area (Å²) in [6.07, 6.45) is 93.5. The van der Waals surface area contributed by atoms with Gasteiger partial charge in [0.15, 0.2) is 0 Å². The third kappa shape index (κ3) is 69.1. The molecule has 0 rings (SSSR count). The lowest BCUT2D eigenvalue weighted by Crippen LogP contribution is -2.45. The van der Waals surface area contributed by atoms with E-state index in [1.165, 1.54) is 334 Å². The second-order valence-corrected chi connectivity index (χ2v) is 26.0. The average molecular weight is 1170 g/mol. The van der Waals surface area contributed by atoms with Gasteiger partial charge < -0.3 is 20.3 Å². The SMILES string of the molecule is CCCCCCCC/C=C\CCCCCCCCCC(=O)OCCCCCCCCCCC/C=C\C/C=C\CCCCCCCCCCCCCC(=O)NC(CO)C(O)CCCCCCCCCCCCCCCCCCCCCCCC. The summed E-state index contributed by atoms with van der Waals surface area (Å²) in [5.74, 6) is -0.0256. The van der Waals surface area contributed by atoms with Crippen molar-refractivity contribution >= 4 is 11.9 Å². The van der Waals surface area contributed by atoms with E-state index in [-0.39, 0.29) is 18.5 Å². The number of allylic oxidation sites excluding steroid dienone is 6. The van der Waals surface area contributed by atoms with Crippen molar-refractivity contribution < 1.29 is 24.5 Å². The van der Waals surface area contributed by atoms with E-state index in [0.29, 0.717) is 25.9 Å². The van der Waals surface area contributed by atoms with E-state index in [4.69, 9.17) is 4.74 Å². The summed E-state index contributed by atoms with van der Waals surface area (Å²) in [5.41, 5.74) is 0. The molecule has 0 aromatic carbocycles. The molecule has 0 aromatic heterocycles. The summed E-state index contributed by atoms with van der Waals surface area (Å²) in [4.78, 5) is 24.7. The van der Waals surface area contributed by atoms with E-state index in [1.54, 1.807) is 0 Å². The van der Waals surface area contributed by atoms with Crippen molar-refractivity contribution in [3.8, 4) is 0 Å². The minimum absolute atomic E-state index is 0.00809. The molecule has 6 heteroatoms. The standard InChI is InChI=1S/C77H147NO5/c1-3-5-7-9-11-13-15-17-19-21-22-23-31-34-38-41-45-49-53-57-61-65-69-75(80)74(73-79)78-76(81)70-66-62-58-54-50-46-42-39-35-32-29-27-25-24-26-28-30-33-36-40-44-48-52-56-60-64-68-72-83-77(82)71-67-63-59-55-51-47-43-37-20-18-16-14-12-10-8-6-4-2/h18,20,24-25,28,30,74-75,79-80H,3-17,19,21-23,26-27,29,31-73H2,1-2H3,(H,78,81)/b20-18-,25-24-,30-28-. The van der Waals surface area contributed by atoms with Gasteiger partial charge in [-0.1, -0.05) is 359 Å². The Labute approximate surface area is 519 Å². The molecule has 0 aromatic rings. The fourth-order valence-electron chi connectivity index (χ4n) is 11.9. The molecule has 0 saturated heterocycles. The van der Waals surface area contributed by atoms with Crippen molar-refractivity contribution in [2.45, 2.75) is 431 Å². The second kappa shape index (κ2) is 72.6. The van der Waals surface area contributed by atoms with Gasteiger partial charge in [0.1, 0.15) is 0 Å². The zero-order valence-electron chi connectivity index (χ0n) is 56.2. The Hall–Kier alpha value is -1.92. The lowest BCUT2D eigenvalue weighted by Gasteiger charge is -2.22. The molecule has 1 amide bonds. The second-order valence-electron chi connectivity index (χ2n) is 26.0. The van der Waals surface area contributed by atoms with Gasteiger partial charge in [0.05, 0.1) is 25.4 Å². The number of hydrogen-bond donors (Lipinski definition) is 3. The molecule has 490 valence electrons. The van der Waals surface area contributed by atoms with E-state index in [1.807, 2.05) is 0 Å². The van der Waals surface area contributed by atoms with Crippen LogP contribution in [0.15, 0.2) is 36.5 Å². The molecule has 0 aliphatic carbocycles. The molecule has 2 atom stereocenters. The van der Waals surface area contributed by atoms with Crippen molar-refractivity contribution in [3.63, 3.8) is 0 Å². The number of nitrogens with one attached hydrogen (secondary N) is 1. The minimum atomic E-state index is -0.668. The molecule has 0 bridgehead atoms. The van der Waals surface area contributed by atoms with Gasteiger partial charge in [-0.2, -0.15) is 0 Å². The van der Waals surface area contributed by atoms with Crippen LogP contribution in [0.5, 0.6) is 0 Å². The van der Waals surface area contributed by atoms with Crippen molar-refractivity contribution in [3.05, 3.63) is 36.5 Å². The number of amides is 1. The Balaban J connectivity index is 3.41. The van der Waals surface area contributed by atoms with Crippen LogP contribution in [0.2, 0.25) is 0 Å². The highest BCUT2D eigenvalue weighted by Crippen LogP contribution is 2.19.